The Morgan fingerprint density at radius 2 is 1.87 bits per heavy atom. The number of nitrogens with one attached hydrogen (secondary N) is 1. The largest absolute Gasteiger partial charge is 0.493 e. The summed E-state index contributed by atoms with van der Waals surface area (Å²) in [6.07, 6.45) is 0.253. The smallest absolute Gasteiger partial charge is 0.335 e. The summed E-state index contributed by atoms with van der Waals surface area (Å²) in [6.45, 7) is 7.12. The first-order valence-corrected chi connectivity index (χ1v) is 10.6. The third kappa shape index (κ3) is 3.61. The fourth-order valence-corrected chi connectivity index (χ4v) is 5.00. The summed E-state index contributed by atoms with van der Waals surface area (Å²) in [7, 11) is 0. The van der Waals surface area contributed by atoms with Crippen molar-refractivity contribution in [1.82, 2.24) is 14.6 Å². The van der Waals surface area contributed by atoms with Crippen LogP contribution in [0.1, 0.15) is 46.5 Å². The van der Waals surface area contributed by atoms with Gasteiger partial charge in [0.25, 0.3) is 5.56 Å². The summed E-state index contributed by atoms with van der Waals surface area (Å²) >= 11 is 1.51. The lowest BCUT2D eigenvalue weighted by molar-refractivity contribution is -0.130. The molecule has 1 aliphatic heterocycles. The van der Waals surface area contributed by atoms with E-state index in [1.165, 1.54) is 23.3 Å². The third-order valence-electron chi connectivity index (χ3n) is 5.28. The van der Waals surface area contributed by atoms with Gasteiger partial charge in [0.2, 0.25) is 11.8 Å². The van der Waals surface area contributed by atoms with Crippen LogP contribution in [-0.2, 0) is 4.79 Å². The number of nitrogens with zero attached hydrogens (tertiary/aromatic N) is 3. The average molecular weight is 439 g/mol. The Kier molecular flexibility index (Phi) is 5.14. The van der Waals surface area contributed by atoms with E-state index < -0.39 is 17.1 Å². The Morgan fingerprint density at radius 1 is 1.19 bits per heavy atom. The maximum absolute atomic E-state index is 12.7. The summed E-state index contributed by atoms with van der Waals surface area (Å²) in [6, 6.07) is 7.02. The van der Waals surface area contributed by atoms with Gasteiger partial charge in [0.1, 0.15) is 5.56 Å². The minimum absolute atomic E-state index is 0.110. The van der Waals surface area contributed by atoms with Crippen LogP contribution in [0.4, 0.5) is 0 Å². The summed E-state index contributed by atoms with van der Waals surface area (Å²) < 4.78 is 1.06. The highest BCUT2D eigenvalue weighted by Crippen LogP contribution is 2.37. The van der Waals surface area contributed by atoms with E-state index in [1.54, 1.807) is 12.1 Å². The van der Waals surface area contributed by atoms with Crippen LogP contribution in [0.15, 0.2) is 44.3 Å². The van der Waals surface area contributed by atoms with E-state index in [2.05, 4.69) is 10.1 Å². The number of rotatable bonds is 3. The van der Waals surface area contributed by atoms with Crippen molar-refractivity contribution in [2.75, 3.05) is 0 Å². The van der Waals surface area contributed by atoms with Gasteiger partial charge in [-0.1, -0.05) is 6.07 Å². The number of aromatic nitrogens is 2. The molecule has 0 bridgehead atoms. The Bertz CT molecular complexity index is 1330. The molecule has 0 spiro atoms. The number of aromatic amines is 1. The van der Waals surface area contributed by atoms with Crippen LogP contribution in [0.5, 0.6) is 5.88 Å². The van der Waals surface area contributed by atoms with Gasteiger partial charge in [0.15, 0.2) is 0 Å². The first kappa shape index (κ1) is 20.8. The van der Waals surface area contributed by atoms with E-state index in [4.69, 9.17) is 0 Å². The molecule has 0 saturated carbocycles. The van der Waals surface area contributed by atoms with Crippen molar-refractivity contribution in [2.45, 2.75) is 40.2 Å². The molecule has 1 aromatic carbocycles. The third-order valence-corrected chi connectivity index (χ3v) is 6.40. The minimum atomic E-state index is -0.746. The molecular formula is C22H22N4O4S. The number of aryl methyl sites for hydroxylation is 3. The number of benzene rings is 1. The molecule has 0 fully saturated rings. The Morgan fingerprint density at radius 3 is 2.45 bits per heavy atom. The van der Waals surface area contributed by atoms with Crippen molar-refractivity contribution in [3.05, 3.63) is 77.6 Å². The van der Waals surface area contributed by atoms with Gasteiger partial charge in [0.05, 0.1) is 17.4 Å². The number of carbonyl (C=O) groups excluding carboxylic acids is 1. The minimum Gasteiger partial charge on any atom is -0.493 e. The number of hydrazone groups is 1. The lowest BCUT2D eigenvalue weighted by atomic mass is 10.0. The van der Waals surface area contributed by atoms with Crippen molar-refractivity contribution < 1.29 is 9.90 Å². The van der Waals surface area contributed by atoms with E-state index in [0.29, 0.717) is 5.69 Å². The summed E-state index contributed by atoms with van der Waals surface area (Å²) in [5.41, 5.74) is 1.93. The van der Waals surface area contributed by atoms with E-state index >= 15 is 0 Å². The lowest BCUT2D eigenvalue weighted by Gasteiger charge is -2.19. The number of thiophene rings is 1. The number of carbonyl (C=O) groups is 1. The van der Waals surface area contributed by atoms with E-state index in [-0.39, 0.29) is 29.6 Å². The first-order valence-electron chi connectivity index (χ1n) is 9.76. The van der Waals surface area contributed by atoms with Gasteiger partial charge in [0, 0.05) is 18.2 Å². The van der Waals surface area contributed by atoms with E-state index in [9.17, 15) is 19.5 Å². The highest BCUT2D eigenvalue weighted by molar-refractivity contribution is 7.10. The molecule has 1 atom stereocenters. The second-order valence-corrected chi connectivity index (χ2v) is 8.68. The molecule has 2 aromatic heterocycles. The van der Waals surface area contributed by atoms with Gasteiger partial charge in [-0.05, 0) is 61.0 Å². The summed E-state index contributed by atoms with van der Waals surface area (Å²) in [5.74, 6) is -0.768. The molecule has 1 aliphatic rings. The number of amides is 1. The maximum Gasteiger partial charge on any atom is 0.335 e. The van der Waals surface area contributed by atoms with E-state index in [0.717, 1.165) is 26.1 Å². The zero-order chi connectivity index (χ0) is 22.4. The number of hydrogen-bond acceptors (Lipinski definition) is 6. The molecular weight excluding hydrogens is 416 g/mol. The van der Waals surface area contributed by atoms with Gasteiger partial charge in [-0.15, -0.1) is 11.3 Å². The monoisotopic (exact) mass is 438 g/mol. The molecule has 31 heavy (non-hydrogen) atoms. The second-order valence-electron chi connectivity index (χ2n) is 7.74. The highest BCUT2D eigenvalue weighted by Gasteiger charge is 2.35. The van der Waals surface area contributed by atoms with Gasteiger partial charge >= 0.3 is 5.69 Å². The zero-order valence-corrected chi connectivity index (χ0v) is 18.4. The molecule has 3 heterocycles. The SMILES string of the molecule is CC(=O)N1N=C(c2c(O)n(-c3cc(C)cc(C)c3)c(=O)[nH]c2=O)CC1c1sccc1C. The van der Waals surface area contributed by atoms with Crippen molar-refractivity contribution in [3.63, 3.8) is 0 Å². The predicted octanol–water partition coefficient (Wildman–Crippen LogP) is 2.92. The molecule has 8 nitrogen and oxygen atoms in total. The fraction of sp³-hybridized carbons (Fsp3) is 0.273. The molecule has 1 amide bonds. The maximum atomic E-state index is 12.7. The van der Waals surface area contributed by atoms with Crippen LogP contribution in [0, 0.1) is 20.8 Å². The second kappa shape index (κ2) is 7.66. The predicted molar refractivity (Wildman–Crippen MR) is 119 cm³/mol. The lowest BCUT2D eigenvalue weighted by Crippen LogP contribution is -2.33. The standard InChI is InChI=1S/C22H22N4O4S/c1-11-7-12(2)9-15(8-11)25-21(29)18(20(28)23-22(25)30)16-10-17(26(24-16)14(4)27)19-13(3)5-6-31-19/h5-9,17,29H,10H2,1-4H3,(H,23,28,30). The number of hydrogen-bond donors (Lipinski definition) is 2. The fourth-order valence-electron chi connectivity index (χ4n) is 3.99. The first-order chi connectivity index (χ1) is 14.7. The van der Waals surface area contributed by atoms with Crippen LogP contribution < -0.4 is 11.2 Å². The van der Waals surface area contributed by atoms with Crippen molar-refractivity contribution in [3.8, 4) is 11.6 Å². The van der Waals surface area contributed by atoms with Crippen LogP contribution in [0.2, 0.25) is 0 Å². The molecule has 0 aliphatic carbocycles. The van der Waals surface area contributed by atoms with Crippen LogP contribution in [-0.4, -0.2) is 31.3 Å². The molecule has 0 saturated heterocycles. The average Bonchev–Trinajstić information content (AvgIpc) is 3.26. The number of H-pyrrole nitrogens is 1. The Balaban J connectivity index is 1.88. The summed E-state index contributed by atoms with van der Waals surface area (Å²) in [5, 5.41) is 18.6. The molecule has 1 unspecified atom stereocenters. The van der Waals surface area contributed by atoms with Crippen LogP contribution in [0.3, 0.4) is 0 Å². The molecule has 4 rings (SSSR count). The van der Waals surface area contributed by atoms with Crippen molar-refractivity contribution >= 4 is 23.0 Å². The number of aromatic hydroxyl groups is 1. The molecule has 0 radical (unpaired) electrons. The zero-order valence-electron chi connectivity index (χ0n) is 17.6. The van der Waals surface area contributed by atoms with Gasteiger partial charge in [-0.2, -0.15) is 5.10 Å². The molecule has 2 N–H and O–H groups in total. The van der Waals surface area contributed by atoms with Crippen LogP contribution >= 0.6 is 11.3 Å². The van der Waals surface area contributed by atoms with Crippen LogP contribution in [0.25, 0.3) is 5.69 Å². The normalized spacial score (nSPS) is 15.9. The summed E-state index contributed by atoms with van der Waals surface area (Å²) in [4.78, 5) is 40.7. The topological polar surface area (TPSA) is 108 Å². The quantitative estimate of drug-likeness (QED) is 0.655. The molecule has 160 valence electrons. The van der Waals surface area contributed by atoms with E-state index in [1.807, 2.05) is 38.3 Å². The molecule has 3 aromatic rings. The van der Waals surface area contributed by atoms with Gasteiger partial charge in [-0.3, -0.25) is 14.6 Å². The molecule has 9 heteroatoms. The Labute approximate surface area is 182 Å². The van der Waals surface area contributed by atoms with Crippen molar-refractivity contribution in [1.29, 1.82) is 0 Å². The van der Waals surface area contributed by atoms with Crippen molar-refractivity contribution in [2.24, 2.45) is 5.10 Å². The highest BCUT2D eigenvalue weighted by atomic mass is 32.1. The Hall–Kier alpha value is -3.46. The van der Waals surface area contributed by atoms with Gasteiger partial charge in [-0.25, -0.2) is 14.4 Å². The van der Waals surface area contributed by atoms with Gasteiger partial charge < -0.3 is 5.11 Å².